The monoisotopic (exact) mass is 522 g/mol. The summed E-state index contributed by atoms with van der Waals surface area (Å²) in [6, 6.07) is 41.2. The van der Waals surface area contributed by atoms with E-state index in [4.69, 9.17) is 9.15 Å². The Balaban J connectivity index is 1.42. The predicted octanol–water partition coefficient (Wildman–Crippen LogP) is 8.22. The predicted molar refractivity (Wildman–Crippen MR) is 167 cm³/mol. The molecule has 6 aromatic carbocycles. The molecular formula is C36H19BN2O2. The largest absolute Gasteiger partial charge is 0.454 e. The zero-order valence-electron chi connectivity index (χ0n) is 21.8. The van der Waals surface area contributed by atoms with E-state index in [-0.39, 0.29) is 6.85 Å². The van der Waals surface area contributed by atoms with Gasteiger partial charge in [-0.3, -0.25) is 0 Å². The Hall–Kier alpha value is -5.42. The Kier molecular flexibility index (Phi) is 3.41. The Morgan fingerprint density at radius 3 is 2.37 bits per heavy atom. The summed E-state index contributed by atoms with van der Waals surface area (Å²) in [4.78, 5) is 2.44. The van der Waals surface area contributed by atoms with E-state index in [1.54, 1.807) is 0 Å². The molecule has 0 saturated carbocycles. The van der Waals surface area contributed by atoms with Crippen LogP contribution < -0.4 is 20.6 Å². The van der Waals surface area contributed by atoms with Gasteiger partial charge in [0.1, 0.15) is 5.58 Å². The van der Waals surface area contributed by atoms with Crippen LogP contribution in [0.4, 0.5) is 17.1 Å². The summed E-state index contributed by atoms with van der Waals surface area (Å²) in [6.45, 7) is -0.0411. The molecule has 4 nitrogen and oxygen atoms in total. The van der Waals surface area contributed by atoms with E-state index in [9.17, 15) is 0 Å². The lowest BCUT2D eigenvalue weighted by Gasteiger charge is -2.43. The molecule has 0 radical (unpaired) electrons. The van der Waals surface area contributed by atoms with Gasteiger partial charge < -0.3 is 18.5 Å². The molecule has 5 heteroatoms. The minimum Gasteiger partial charge on any atom is -0.454 e. The molecule has 0 aliphatic carbocycles. The molecule has 0 bridgehead atoms. The normalized spacial score (nSPS) is 14.0. The summed E-state index contributed by atoms with van der Waals surface area (Å²) in [6.07, 6.45) is 0. The molecule has 3 aliphatic rings. The van der Waals surface area contributed by atoms with Crippen LogP contribution in [0.5, 0.6) is 11.5 Å². The van der Waals surface area contributed by atoms with E-state index in [1.165, 1.54) is 44.0 Å². The average Bonchev–Trinajstić information content (AvgIpc) is 3.56. The second kappa shape index (κ2) is 6.83. The highest BCUT2D eigenvalue weighted by Crippen LogP contribution is 2.54. The van der Waals surface area contributed by atoms with Gasteiger partial charge in [0.05, 0.1) is 16.9 Å². The number of aromatic nitrogens is 1. The number of ether oxygens (including phenoxy) is 1. The van der Waals surface area contributed by atoms with E-state index in [1.807, 2.05) is 6.07 Å². The van der Waals surface area contributed by atoms with Crippen LogP contribution in [-0.4, -0.2) is 11.3 Å². The first-order valence-corrected chi connectivity index (χ1v) is 14.1. The van der Waals surface area contributed by atoms with Gasteiger partial charge in [0, 0.05) is 27.5 Å². The summed E-state index contributed by atoms with van der Waals surface area (Å²) in [5, 5.41) is 4.81. The van der Waals surface area contributed by atoms with Gasteiger partial charge >= 0.3 is 6.85 Å². The van der Waals surface area contributed by atoms with Gasteiger partial charge in [0.25, 0.3) is 0 Å². The maximum atomic E-state index is 6.61. The summed E-state index contributed by atoms with van der Waals surface area (Å²) in [7, 11) is 0. The fourth-order valence-corrected chi connectivity index (χ4v) is 7.83. The molecule has 3 aliphatic heterocycles. The highest BCUT2D eigenvalue weighted by atomic mass is 16.5. The van der Waals surface area contributed by atoms with Gasteiger partial charge in [0.2, 0.25) is 0 Å². The van der Waals surface area contributed by atoms with Gasteiger partial charge in [-0.15, -0.1) is 0 Å². The third-order valence-corrected chi connectivity index (χ3v) is 9.32. The molecule has 8 aromatic rings. The first-order valence-electron chi connectivity index (χ1n) is 14.1. The van der Waals surface area contributed by atoms with E-state index >= 15 is 0 Å². The van der Waals surface area contributed by atoms with Crippen molar-refractivity contribution in [2.24, 2.45) is 0 Å². The standard InChI is InChI=1S/C36H19BN2O2/c1-2-10-21-20(9-1)19-27-32-31(21)23-12-7-13-24-33(23)39(34-22-11-3-5-16-28(22)41-36(24)34)37(32)25-14-8-18-30-35(25)38(27)26-15-4-6-17-29(26)40-30/h1-19H. The molecule has 0 saturated heterocycles. The Morgan fingerprint density at radius 1 is 0.610 bits per heavy atom. The summed E-state index contributed by atoms with van der Waals surface area (Å²) < 4.78 is 15.7. The molecule has 0 unspecified atom stereocenters. The van der Waals surface area contributed by atoms with Crippen LogP contribution in [0.2, 0.25) is 0 Å². The summed E-state index contributed by atoms with van der Waals surface area (Å²) >= 11 is 0. The van der Waals surface area contributed by atoms with Gasteiger partial charge in [-0.25, -0.2) is 0 Å². The second-order valence-corrected chi connectivity index (χ2v) is 11.3. The van der Waals surface area contributed by atoms with Crippen molar-refractivity contribution >= 4 is 78.6 Å². The Labute approximate surface area is 234 Å². The van der Waals surface area contributed by atoms with E-state index in [0.29, 0.717) is 0 Å². The highest BCUT2D eigenvalue weighted by molar-refractivity contribution is 6.90. The van der Waals surface area contributed by atoms with E-state index in [2.05, 4.69) is 119 Å². The molecule has 0 atom stereocenters. The molecular weight excluding hydrogens is 503 g/mol. The van der Waals surface area contributed by atoms with Crippen LogP contribution in [0.3, 0.4) is 0 Å². The smallest absolute Gasteiger partial charge is 0.333 e. The maximum Gasteiger partial charge on any atom is 0.333 e. The van der Waals surface area contributed by atoms with Crippen LogP contribution in [-0.2, 0) is 0 Å². The van der Waals surface area contributed by atoms with Crippen molar-refractivity contribution in [3.05, 3.63) is 115 Å². The summed E-state index contributed by atoms with van der Waals surface area (Å²) in [5.74, 6) is 1.76. The van der Waals surface area contributed by atoms with Crippen molar-refractivity contribution in [2.45, 2.75) is 0 Å². The fourth-order valence-electron chi connectivity index (χ4n) is 7.83. The number of rotatable bonds is 0. The van der Waals surface area contributed by atoms with Crippen LogP contribution >= 0.6 is 0 Å². The quantitative estimate of drug-likeness (QED) is 0.188. The third kappa shape index (κ3) is 2.26. The molecule has 41 heavy (non-hydrogen) atoms. The second-order valence-electron chi connectivity index (χ2n) is 11.3. The van der Waals surface area contributed by atoms with Crippen LogP contribution in [0.15, 0.2) is 120 Å². The fraction of sp³-hybridized carbons (Fsp3) is 0. The van der Waals surface area contributed by atoms with Crippen LogP contribution in [0.25, 0.3) is 54.9 Å². The van der Waals surface area contributed by atoms with Crippen molar-refractivity contribution in [2.75, 3.05) is 4.90 Å². The van der Waals surface area contributed by atoms with Crippen molar-refractivity contribution in [1.29, 1.82) is 0 Å². The molecule has 0 N–H and O–H groups in total. The molecule has 188 valence electrons. The first-order chi connectivity index (χ1) is 20.4. The highest BCUT2D eigenvalue weighted by Gasteiger charge is 2.46. The van der Waals surface area contributed by atoms with Crippen molar-refractivity contribution in [3.63, 3.8) is 0 Å². The SMILES string of the molecule is c1ccc2c(c1)Oc1cccc3c1N2c1cc2ccccc2c2c1B3n1c3c-2cccc3c2oc3ccccc3c21. The number of furan rings is 1. The third-order valence-electron chi connectivity index (χ3n) is 9.32. The van der Waals surface area contributed by atoms with Crippen molar-refractivity contribution < 1.29 is 9.15 Å². The first kappa shape index (κ1) is 20.5. The lowest BCUT2D eigenvalue weighted by Crippen LogP contribution is -2.57. The number of nitrogens with zero attached hydrogens (tertiary/aromatic N) is 2. The number of para-hydroxylation sites is 5. The molecule has 0 fully saturated rings. The topological polar surface area (TPSA) is 30.5 Å². The van der Waals surface area contributed by atoms with E-state index in [0.717, 1.165) is 50.3 Å². The number of anilines is 3. The molecule has 2 aromatic heterocycles. The van der Waals surface area contributed by atoms with Gasteiger partial charge in [-0.05, 0) is 69.7 Å². The molecule has 0 spiro atoms. The average molecular weight is 522 g/mol. The molecule has 0 amide bonds. The van der Waals surface area contributed by atoms with Crippen molar-refractivity contribution in [1.82, 2.24) is 4.48 Å². The van der Waals surface area contributed by atoms with Crippen LogP contribution in [0, 0.1) is 0 Å². The van der Waals surface area contributed by atoms with Gasteiger partial charge in [0.15, 0.2) is 17.1 Å². The maximum absolute atomic E-state index is 6.61. The zero-order valence-corrected chi connectivity index (χ0v) is 21.8. The number of hydrogen-bond acceptors (Lipinski definition) is 3. The van der Waals surface area contributed by atoms with Crippen molar-refractivity contribution in [3.8, 4) is 22.6 Å². The Bertz CT molecular complexity index is 2490. The lowest BCUT2D eigenvalue weighted by molar-refractivity contribution is 0.477. The number of fused-ring (bicyclic) bond motifs is 13. The minimum atomic E-state index is -0.0411. The zero-order chi connectivity index (χ0) is 26.4. The number of hydrogen-bond donors (Lipinski definition) is 0. The minimum absolute atomic E-state index is 0.0411. The van der Waals surface area contributed by atoms with Gasteiger partial charge in [-0.1, -0.05) is 72.8 Å². The lowest BCUT2D eigenvalue weighted by atomic mass is 9.44. The van der Waals surface area contributed by atoms with Crippen LogP contribution in [0.1, 0.15) is 0 Å². The van der Waals surface area contributed by atoms with Gasteiger partial charge in [-0.2, -0.15) is 0 Å². The summed E-state index contributed by atoms with van der Waals surface area (Å²) in [5.41, 5.74) is 12.8. The molecule has 11 rings (SSSR count). The Morgan fingerprint density at radius 2 is 1.39 bits per heavy atom. The molecule has 5 heterocycles. The van der Waals surface area contributed by atoms with E-state index < -0.39 is 0 Å². The number of benzene rings is 6.